The third kappa shape index (κ3) is 5.06. The van der Waals surface area contributed by atoms with Crippen LogP contribution in [0.5, 0.6) is 0 Å². The SMILES string of the molecule is CC(C)CC(CN)CC(=O)Nc1c(F)cc(F)cc1Cl. The number of anilines is 1. The molecule has 0 fully saturated rings. The number of benzene rings is 1. The molecule has 0 saturated heterocycles. The van der Waals surface area contributed by atoms with Gasteiger partial charge in [-0.25, -0.2) is 8.78 Å². The van der Waals surface area contributed by atoms with E-state index < -0.39 is 11.6 Å². The van der Waals surface area contributed by atoms with E-state index in [0.29, 0.717) is 18.5 Å². The van der Waals surface area contributed by atoms with Crippen LogP contribution in [0.25, 0.3) is 0 Å². The van der Waals surface area contributed by atoms with Gasteiger partial charge in [-0.1, -0.05) is 25.4 Å². The van der Waals surface area contributed by atoms with E-state index in [1.54, 1.807) is 0 Å². The van der Waals surface area contributed by atoms with Gasteiger partial charge in [0.1, 0.15) is 5.82 Å². The first-order valence-electron chi connectivity index (χ1n) is 6.48. The Morgan fingerprint density at radius 3 is 2.55 bits per heavy atom. The monoisotopic (exact) mass is 304 g/mol. The molecule has 6 heteroatoms. The summed E-state index contributed by atoms with van der Waals surface area (Å²) in [5, 5.41) is 2.21. The van der Waals surface area contributed by atoms with Gasteiger partial charge in [-0.05, 0) is 30.9 Å². The Morgan fingerprint density at radius 2 is 2.05 bits per heavy atom. The van der Waals surface area contributed by atoms with Crippen LogP contribution in [-0.4, -0.2) is 12.5 Å². The lowest BCUT2D eigenvalue weighted by Gasteiger charge is -2.17. The van der Waals surface area contributed by atoms with Gasteiger partial charge in [0.25, 0.3) is 0 Å². The predicted molar refractivity (Wildman–Crippen MR) is 76.6 cm³/mol. The first-order chi connectivity index (χ1) is 9.33. The smallest absolute Gasteiger partial charge is 0.224 e. The standard InChI is InChI=1S/C14H19ClF2N2O/c1-8(2)3-9(7-18)4-13(20)19-14-11(15)5-10(16)6-12(14)17/h5-6,8-9H,3-4,7,18H2,1-2H3,(H,19,20). The number of halogens is 3. The Bertz CT molecular complexity index is 457. The number of nitrogens with two attached hydrogens (primary N) is 1. The van der Waals surface area contributed by atoms with Crippen LogP contribution >= 0.6 is 11.6 Å². The zero-order valence-electron chi connectivity index (χ0n) is 11.6. The quantitative estimate of drug-likeness (QED) is 0.844. The molecule has 0 aliphatic rings. The highest BCUT2D eigenvalue weighted by Gasteiger charge is 2.17. The van der Waals surface area contributed by atoms with E-state index in [9.17, 15) is 13.6 Å². The Kier molecular flexibility index (Phi) is 6.36. The lowest BCUT2D eigenvalue weighted by atomic mass is 9.94. The molecule has 1 aromatic rings. The molecule has 3 N–H and O–H groups in total. The fourth-order valence-electron chi connectivity index (χ4n) is 2.04. The van der Waals surface area contributed by atoms with Gasteiger partial charge >= 0.3 is 0 Å². The first-order valence-corrected chi connectivity index (χ1v) is 6.85. The minimum atomic E-state index is -0.892. The van der Waals surface area contributed by atoms with Crippen molar-refractivity contribution >= 4 is 23.2 Å². The van der Waals surface area contributed by atoms with Gasteiger partial charge < -0.3 is 11.1 Å². The van der Waals surface area contributed by atoms with Crippen LogP contribution in [0.3, 0.4) is 0 Å². The summed E-state index contributed by atoms with van der Waals surface area (Å²) in [5.41, 5.74) is 5.42. The summed E-state index contributed by atoms with van der Waals surface area (Å²) in [7, 11) is 0. The van der Waals surface area contributed by atoms with Crippen molar-refractivity contribution < 1.29 is 13.6 Å². The maximum Gasteiger partial charge on any atom is 0.224 e. The van der Waals surface area contributed by atoms with Crippen molar-refractivity contribution in [1.29, 1.82) is 0 Å². The average Bonchev–Trinajstić information content (AvgIpc) is 2.32. The highest BCUT2D eigenvalue weighted by Crippen LogP contribution is 2.27. The Labute approximate surface area is 122 Å². The van der Waals surface area contributed by atoms with Crippen molar-refractivity contribution in [3.8, 4) is 0 Å². The first kappa shape index (κ1) is 16.9. The zero-order valence-corrected chi connectivity index (χ0v) is 12.3. The fraction of sp³-hybridized carbons (Fsp3) is 0.500. The molecule has 1 amide bonds. The van der Waals surface area contributed by atoms with E-state index in [1.165, 1.54) is 0 Å². The van der Waals surface area contributed by atoms with Gasteiger partial charge in [-0.15, -0.1) is 0 Å². The highest BCUT2D eigenvalue weighted by atomic mass is 35.5. The van der Waals surface area contributed by atoms with Crippen LogP contribution in [0.15, 0.2) is 12.1 Å². The second-order valence-corrected chi connectivity index (χ2v) is 5.64. The van der Waals surface area contributed by atoms with Crippen molar-refractivity contribution in [3.63, 3.8) is 0 Å². The third-order valence-corrected chi connectivity index (χ3v) is 3.18. The van der Waals surface area contributed by atoms with Crippen LogP contribution in [0.2, 0.25) is 5.02 Å². The summed E-state index contributed by atoms with van der Waals surface area (Å²) < 4.78 is 26.4. The van der Waals surface area contributed by atoms with Gasteiger partial charge in [0.05, 0.1) is 10.7 Å². The van der Waals surface area contributed by atoms with Crippen molar-refractivity contribution in [2.45, 2.75) is 26.7 Å². The number of rotatable bonds is 6. The summed E-state index contributed by atoms with van der Waals surface area (Å²) in [6.45, 7) is 4.46. The molecule has 0 radical (unpaired) electrons. The lowest BCUT2D eigenvalue weighted by molar-refractivity contribution is -0.117. The van der Waals surface area contributed by atoms with Crippen molar-refractivity contribution in [3.05, 3.63) is 28.8 Å². The summed E-state index contributed by atoms with van der Waals surface area (Å²) in [6.07, 6.45) is 0.991. The fourth-order valence-corrected chi connectivity index (χ4v) is 2.29. The molecule has 0 aliphatic carbocycles. The Hall–Kier alpha value is -1.20. The van der Waals surface area contributed by atoms with Gasteiger partial charge in [0, 0.05) is 12.5 Å². The van der Waals surface area contributed by atoms with Crippen molar-refractivity contribution in [2.24, 2.45) is 17.6 Å². The minimum absolute atomic E-state index is 0.0253. The summed E-state index contributed by atoms with van der Waals surface area (Å²) >= 11 is 5.71. The number of nitrogens with one attached hydrogen (secondary N) is 1. The topological polar surface area (TPSA) is 55.1 Å². The van der Waals surface area contributed by atoms with E-state index >= 15 is 0 Å². The number of hydrogen-bond donors (Lipinski definition) is 2. The summed E-state index contributed by atoms with van der Waals surface area (Å²) in [4.78, 5) is 11.9. The summed E-state index contributed by atoms with van der Waals surface area (Å²) in [5.74, 6) is -1.62. The zero-order chi connectivity index (χ0) is 15.3. The normalized spacial score (nSPS) is 12.6. The van der Waals surface area contributed by atoms with Gasteiger partial charge in [-0.2, -0.15) is 0 Å². The molecule has 0 aliphatic heterocycles. The van der Waals surface area contributed by atoms with Crippen LogP contribution in [-0.2, 0) is 4.79 Å². The minimum Gasteiger partial charge on any atom is -0.330 e. The Morgan fingerprint density at radius 1 is 1.40 bits per heavy atom. The van der Waals surface area contributed by atoms with E-state index in [1.807, 2.05) is 13.8 Å². The van der Waals surface area contributed by atoms with Crippen molar-refractivity contribution in [2.75, 3.05) is 11.9 Å². The molecule has 0 saturated carbocycles. The number of hydrogen-bond acceptors (Lipinski definition) is 2. The number of carbonyl (C=O) groups excluding carboxylic acids is 1. The predicted octanol–water partition coefficient (Wildman–Crippen LogP) is 3.57. The van der Waals surface area contributed by atoms with Crippen LogP contribution in [0.4, 0.5) is 14.5 Å². The molecule has 0 bridgehead atoms. The second-order valence-electron chi connectivity index (χ2n) is 5.23. The summed E-state index contributed by atoms with van der Waals surface area (Å²) in [6, 6.07) is 1.63. The average molecular weight is 305 g/mol. The Balaban J connectivity index is 2.71. The van der Waals surface area contributed by atoms with E-state index in [0.717, 1.165) is 12.5 Å². The molecule has 1 atom stereocenters. The van der Waals surface area contributed by atoms with Gasteiger partial charge in [0.2, 0.25) is 5.91 Å². The molecule has 0 aromatic heterocycles. The molecule has 20 heavy (non-hydrogen) atoms. The second kappa shape index (κ2) is 7.55. The molecule has 0 spiro atoms. The largest absolute Gasteiger partial charge is 0.330 e. The molecule has 1 rings (SSSR count). The molecule has 112 valence electrons. The molecule has 3 nitrogen and oxygen atoms in total. The lowest BCUT2D eigenvalue weighted by Crippen LogP contribution is -2.24. The van der Waals surface area contributed by atoms with Crippen LogP contribution < -0.4 is 11.1 Å². The number of amides is 1. The molecule has 1 unspecified atom stereocenters. The maximum atomic E-state index is 13.5. The third-order valence-electron chi connectivity index (χ3n) is 2.88. The van der Waals surface area contributed by atoms with Gasteiger partial charge in [0.15, 0.2) is 5.82 Å². The van der Waals surface area contributed by atoms with Crippen LogP contribution in [0, 0.1) is 23.5 Å². The van der Waals surface area contributed by atoms with E-state index in [4.69, 9.17) is 17.3 Å². The maximum absolute atomic E-state index is 13.5. The van der Waals surface area contributed by atoms with Crippen molar-refractivity contribution in [1.82, 2.24) is 0 Å². The van der Waals surface area contributed by atoms with Gasteiger partial charge in [-0.3, -0.25) is 4.79 Å². The highest BCUT2D eigenvalue weighted by molar-refractivity contribution is 6.33. The number of carbonyl (C=O) groups is 1. The molecular weight excluding hydrogens is 286 g/mol. The molecule has 0 heterocycles. The van der Waals surface area contributed by atoms with Crippen LogP contribution in [0.1, 0.15) is 26.7 Å². The molecular formula is C14H19ClF2N2O. The molecule has 1 aromatic carbocycles. The van der Waals surface area contributed by atoms with E-state index in [-0.39, 0.29) is 29.0 Å². The van der Waals surface area contributed by atoms with E-state index in [2.05, 4.69) is 5.32 Å².